The normalized spacial score (nSPS) is 11.1. The van der Waals surface area contributed by atoms with E-state index in [0.29, 0.717) is 6.04 Å². The summed E-state index contributed by atoms with van der Waals surface area (Å²) in [6.07, 6.45) is 2.26. The molecule has 1 nitrogen and oxygen atoms in total. The van der Waals surface area contributed by atoms with E-state index >= 15 is 0 Å². The number of hydrogen-bond donors (Lipinski definition) is 1. The van der Waals surface area contributed by atoms with Gasteiger partial charge < -0.3 is 5.32 Å². The zero-order valence-electron chi connectivity index (χ0n) is 8.77. The summed E-state index contributed by atoms with van der Waals surface area (Å²) < 4.78 is 0. The highest BCUT2D eigenvalue weighted by Gasteiger charge is 2.09. The molecule has 0 spiro atoms. The Labute approximate surface area is 98.8 Å². The minimum Gasteiger partial charge on any atom is -0.316 e. The van der Waals surface area contributed by atoms with Crippen molar-refractivity contribution in [3.8, 4) is 0 Å². The fourth-order valence-electron chi connectivity index (χ4n) is 1.62. The van der Waals surface area contributed by atoms with E-state index in [4.69, 9.17) is 0 Å². The van der Waals surface area contributed by atoms with E-state index in [1.165, 1.54) is 9.75 Å². The van der Waals surface area contributed by atoms with Crippen molar-refractivity contribution in [3.63, 3.8) is 0 Å². The van der Waals surface area contributed by atoms with Crippen molar-refractivity contribution in [3.05, 3.63) is 44.8 Å². The average molecular weight is 237 g/mol. The van der Waals surface area contributed by atoms with E-state index in [-0.39, 0.29) is 0 Å². The van der Waals surface area contributed by atoms with E-state index in [1.807, 2.05) is 29.7 Å². The molecule has 0 amide bonds. The molecule has 2 aromatic heterocycles. The Morgan fingerprint density at radius 2 is 1.60 bits per heavy atom. The van der Waals surface area contributed by atoms with Gasteiger partial charge in [0.1, 0.15) is 0 Å². The van der Waals surface area contributed by atoms with Crippen LogP contribution in [0.1, 0.15) is 9.75 Å². The van der Waals surface area contributed by atoms with Crippen molar-refractivity contribution in [2.45, 2.75) is 18.9 Å². The number of thiophene rings is 2. The Kier molecular flexibility index (Phi) is 3.94. The van der Waals surface area contributed by atoms with E-state index in [2.05, 4.69) is 40.3 Å². The van der Waals surface area contributed by atoms with E-state index in [1.54, 1.807) is 0 Å². The third-order valence-corrected chi connectivity index (χ3v) is 4.26. The summed E-state index contributed by atoms with van der Waals surface area (Å²) in [5, 5.41) is 7.68. The van der Waals surface area contributed by atoms with Gasteiger partial charge in [-0.1, -0.05) is 12.1 Å². The molecule has 2 aromatic rings. The van der Waals surface area contributed by atoms with Gasteiger partial charge in [0.25, 0.3) is 0 Å². The summed E-state index contributed by atoms with van der Waals surface area (Å²) in [5.74, 6) is 0. The molecule has 80 valence electrons. The molecule has 1 N–H and O–H groups in total. The van der Waals surface area contributed by atoms with Crippen LogP contribution >= 0.6 is 22.7 Å². The summed E-state index contributed by atoms with van der Waals surface area (Å²) in [6.45, 7) is 0. The van der Waals surface area contributed by atoms with Crippen molar-refractivity contribution < 1.29 is 0 Å². The molecule has 2 heterocycles. The monoisotopic (exact) mass is 237 g/mol. The number of hydrogen-bond acceptors (Lipinski definition) is 3. The van der Waals surface area contributed by atoms with Gasteiger partial charge >= 0.3 is 0 Å². The molecular weight excluding hydrogens is 222 g/mol. The maximum Gasteiger partial charge on any atom is 0.0161 e. The second-order valence-electron chi connectivity index (χ2n) is 3.55. The molecular formula is C12H15NS2. The molecule has 0 fully saturated rings. The molecule has 0 bridgehead atoms. The number of nitrogens with one attached hydrogen (secondary N) is 1. The first-order valence-electron chi connectivity index (χ1n) is 5.10. The third kappa shape index (κ3) is 3.16. The fourth-order valence-corrected chi connectivity index (χ4v) is 3.19. The van der Waals surface area contributed by atoms with Gasteiger partial charge in [-0.25, -0.2) is 0 Å². The molecule has 0 aliphatic heterocycles. The predicted molar refractivity (Wildman–Crippen MR) is 68.9 cm³/mol. The molecule has 0 saturated heterocycles. The molecule has 0 radical (unpaired) electrons. The van der Waals surface area contributed by atoms with Gasteiger partial charge in [0.2, 0.25) is 0 Å². The van der Waals surface area contributed by atoms with Crippen LogP contribution in [0.2, 0.25) is 0 Å². The zero-order chi connectivity index (χ0) is 10.5. The highest BCUT2D eigenvalue weighted by atomic mass is 32.1. The smallest absolute Gasteiger partial charge is 0.0161 e. The molecule has 0 unspecified atom stereocenters. The van der Waals surface area contributed by atoms with Gasteiger partial charge in [-0.15, -0.1) is 22.7 Å². The van der Waals surface area contributed by atoms with Crippen LogP contribution in [0.15, 0.2) is 35.0 Å². The first-order valence-corrected chi connectivity index (χ1v) is 6.86. The lowest BCUT2D eigenvalue weighted by Gasteiger charge is -2.13. The van der Waals surface area contributed by atoms with E-state index in [9.17, 15) is 0 Å². The van der Waals surface area contributed by atoms with Crippen LogP contribution < -0.4 is 5.32 Å². The standard InChI is InChI=1S/C12H15NS2/c1-13-10(8-11-4-2-6-14-11)9-12-5-3-7-15-12/h2-7,10,13H,8-9H2,1H3. The molecule has 0 aliphatic carbocycles. The van der Waals surface area contributed by atoms with Crippen molar-refractivity contribution in [1.82, 2.24) is 5.32 Å². The SMILES string of the molecule is CNC(Cc1cccs1)Cc1cccs1. The lowest BCUT2D eigenvalue weighted by molar-refractivity contribution is 0.564. The Bertz CT molecular complexity index is 328. The molecule has 0 atom stereocenters. The van der Waals surface area contributed by atoms with Gasteiger partial charge in [0, 0.05) is 15.8 Å². The van der Waals surface area contributed by atoms with Crippen molar-refractivity contribution in [2.24, 2.45) is 0 Å². The minimum absolute atomic E-state index is 0.558. The second kappa shape index (κ2) is 5.45. The summed E-state index contributed by atoms with van der Waals surface area (Å²) in [4.78, 5) is 2.93. The number of rotatable bonds is 5. The third-order valence-electron chi connectivity index (χ3n) is 2.46. The van der Waals surface area contributed by atoms with Gasteiger partial charge in [-0.2, -0.15) is 0 Å². The van der Waals surface area contributed by atoms with Gasteiger partial charge in [-0.05, 0) is 42.8 Å². The first-order chi connectivity index (χ1) is 7.38. The fraction of sp³-hybridized carbons (Fsp3) is 0.333. The Morgan fingerprint density at radius 1 is 1.07 bits per heavy atom. The lowest BCUT2D eigenvalue weighted by atomic mass is 10.1. The number of likely N-dealkylation sites (N-methyl/N-ethyl adjacent to an activating group) is 1. The average Bonchev–Trinajstić information content (AvgIpc) is 2.89. The van der Waals surface area contributed by atoms with Crippen LogP contribution in [0.3, 0.4) is 0 Å². The summed E-state index contributed by atoms with van der Waals surface area (Å²) in [7, 11) is 2.05. The topological polar surface area (TPSA) is 12.0 Å². The van der Waals surface area contributed by atoms with E-state index in [0.717, 1.165) is 12.8 Å². The minimum atomic E-state index is 0.558. The molecule has 15 heavy (non-hydrogen) atoms. The van der Waals surface area contributed by atoms with Crippen LogP contribution in [0.5, 0.6) is 0 Å². The predicted octanol–water partition coefficient (Wildman–Crippen LogP) is 3.18. The van der Waals surface area contributed by atoms with Crippen molar-refractivity contribution in [2.75, 3.05) is 7.05 Å². The van der Waals surface area contributed by atoms with Gasteiger partial charge in [-0.3, -0.25) is 0 Å². The zero-order valence-corrected chi connectivity index (χ0v) is 10.4. The van der Waals surface area contributed by atoms with Crippen molar-refractivity contribution >= 4 is 22.7 Å². The maximum absolute atomic E-state index is 3.39. The lowest BCUT2D eigenvalue weighted by Crippen LogP contribution is -2.29. The summed E-state index contributed by atoms with van der Waals surface area (Å²) in [6, 6.07) is 9.23. The van der Waals surface area contributed by atoms with Gasteiger partial charge in [0.15, 0.2) is 0 Å². The Hall–Kier alpha value is -0.640. The Morgan fingerprint density at radius 3 is 1.93 bits per heavy atom. The van der Waals surface area contributed by atoms with Gasteiger partial charge in [0.05, 0.1) is 0 Å². The largest absolute Gasteiger partial charge is 0.316 e. The molecule has 0 saturated carbocycles. The quantitative estimate of drug-likeness (QED) is 0.842. The second-order valence-corrected chi connectivity index (χ2v) is 5.62. The molecule has 3 heteroatoms. The first kappa shape index (κ1) is 10.9. The van der Waals surface area contributed by atoms with Crippen LogP contribution in [0, 0.1) is 0 Å². The van der Waals surface area contributed by atoms with E-state index < -0.39 is 0 Å². The molecule has 2 rings (SSSR count). The van der Waals surface area contributed by atoms with Crippen LogP contribution in [0.25, 0.3) is 0 Å². The Balaban J connectivity index is 1.93. The molecule has 0 aliphatic rings. The summed E-state index contributed by atoms with van der Waals surface area (Å²) in [5.41, 5.74) is 0. The van der Waals surface area contributed by atoms with Crippen LogP contribution in [0.4, 0.5) is 0 Å². The van der Waals surface area contributed by atoms with Crippen molar-refractivity contribution in [1.29, 1.82) is 0 Å². The highest BCUT2D eigenvalue weighted by molar-refractivity contribution is 7.10. The summed E-state index contributed by atoms with van der Waals surface area (Å²) >= 11 is 3.69. The van der Waals surface area contributed by atoms with Crippen LogP contribution in [-0.4, -0.2) is 13.1 Å². The highest BCUT2D eigenvalue weighted by Crippen LogP contribution is 2.16. The van der Waals surface area contributed by atoms with Crippen LogP contribution in [-0.2, 0) is 12.8 Å². The maximum atomic E-state index is 3.39. The molecule has 0 aromatic carbocycles.